The van der Waals surface area contributed by atoms with E-state index in [1.165, 1.54) is 0 Å². The van der Waals surface area contributed by atoms with Gasteiger partial charge in [-0.2, -0.15) is 0 Å². The van der Waals surface area contributed by atoms with E-state index in [-0.39, 0.29) is 24.2 Å². The molecule has 4 heterocycles. The molecular formula is C22H30N6O3. The number of nitrogens with one attached hydrogen (secondary N) is 1. The van der Waals surface area contributed by atoms with Gasteiger partial charge in [0.25, 0.3) is 0 Å². The van der Waals surface area contributed by atoms with Crippen LogP contribution in [0.5, 0.6) is 0 Å². The summed E-state index contributed by atoms with van der Waals surface area (Å²) in [6, 6.07) is 0. The molecule has 2 aliphatic rings. The second-order valence-corrected chi connectivity index (χ2v) is 8.45. The Morgan fingerprint density at radius 1 is 1.19 bits per heavy atom. The number of likely N-dealkylation sites (tertiary alicyclic amines) is 1. The molecule has 2 aromatic heterocycles. The van der Waals surface area contributed by atoms with Crippen LogP contribution in [0, 0.1) is 13.8 Å². The number of hydrogen-bond donors (Lipinski definition) is 1. The maximum absolute atomic E-state index is 13.0. The number of piperidine rings is 1. The Bertz CT molecular complexity index is 982. The number of nitrogens with zero attached hydrogens (tertiary/aromatic N) is 5. The third kappa shape index (κ3) is 4.26. The van der Waals surface area contributed by atoms with E-state index in [0.717, 1.165) is 53.5 Å². The highest BCUT2D eigenvalue weighted by Gasteiger charge is 2.30. The van der Waals surface area contributed by atoms with Crippen molar-refractivity contribution in [1.82, 2.24) is 24.9 Å². The summed E-state index contributed by atoms with van der Waals surface area (Å²) in [7, 11) is 1.87. The molecule has 0 aliphatic carbocycles. The van der Waals surface area contributed by atoms with Gasteiger partial charge in [0.15, 0.2) is 0 Å². The molecule has 0 bridgehead atoms. The lowest BCUT2D eigenvalue weighted by atomic mass is 9.96. The van der Waals surface area contributed by atoms with Crippen molar-refractivity contribution in [1.29, 1.82) is 0 Å². The Balaban J connectivity index is 1.55. The number of amides is 2. The van der Waals surface area contributed by atoms with Gasteiger partial charge in [-0.1, -0.05) is 5.16 Å². The van der Waals surface area contributed by atoms with E-state index >= 15 is 0 Å². The fourth-order valence-electron chi connectivity index (χ4n) is 4.54. The van der Waals surface area contributed by atoms with Crippen LogP contribution in [-0.2, 0) is 29.0 Å². The zero-order valence-electron chi connectivity index (χ0n) is 18.7. The topological polar surface area (TPSA) is 104 Å². The van der Waals surface area contributed by atoms with Crippen molar-refractivity contribution >= 4 is 17.6 Å². The minimum atomic E-state index is 0.0478. The van der Waals surface area contributed by atoms with Gasteiger partial charge in [-0.15, -0.1) is 0 Å². The van der Waals surface area contributed by atoms with E-state index < -0.39 is 0 Å². The predicted molar refractivity (Wildman–Crippen MR) is 115 cm³/mol. The van der Waals surface area contributed by atoms with Crippen LogP contribution in [-0.4, -0.2) is 63.4 Å². The van der Waals surface area contributed by atoms with Crippen LogP contribution >= 0.6 is 0 Å². The summed E-state index contributed by atoms with van der Waals surface area (Å²) < 4.78 is 5.20. The number of fused-ring (bicyclic) bond motifs is 1. The van der Waals surface area contributed by atoms with Crippen molar-refractivity contribution in [3.05, 3.63) is 34.1 Å². The summed E-state index contributed by atoms with van der Waals surface area (Å²) in [5.74, 6) is 2.53. The normalized spacial score (nSPS) is 18.6. The maximum atomic E-state index is 13.0. The maximum Gasteiger partial charge on any atom is 0.227 e. The van der Waals surface area contributed by atoms with E-state index in [0.29, 0.717) is 31.8 Å². The molecule has 0 aromatic carbocycles. The summed E-state index contributed by atoms with van der Waals surface area (Å²) in [5.41, 5.74) is 3.60. The molecule has 1 saturated heterocycles. The van der Waals surface area contributed by atoms with Gasteiger partial charge in [0.2, 0.25) is 11.8 Å². The average molecular weight is 427 g/mol. The molecule has 9 nitrogen and oxygen atoms in total. The van der Waals surface area contributed by atoms with Crippen LogP contribution in [0.1, 0.15) is 59.8 Å². The minimum Gasteiger partial charge on any atom is -0.373 e. The van der Waals surface area contributed by atoms with Crippen LogP contribution < -0.4 is 5.32 Å². The van der Waals surface area contributed by atoms with E-state index in [9.17, 15) is 9.59 Å². The largest absolute Gasteiger partial charge is 0.373 e. The first-order valence-electron chi connectivity index (χ1n) is 10.9. The molecule has 31 heavy (non-hydrogen) atoms. The van der Waals surface area contributed by atoms with Gasteiger partial charge in [0.1, 0.15) is 17.4 Å². The molecule has 2 aromatic rings. The highest BCUT2D eigenvalue weighted by atomic mass is 16.5. The zero-order valence-corrected chi connectivity index (χ0v) is 18.7. The summed E-state index contributed by atoms with van der Waals surface area (Å²) in [5, 5.41) is 7.16. The second-order valence-electron chi connectivity index (χ2n) is 8.45. The average Bonchev–Trinajstić information content (AvgIpc) is 3.09. The highest BCUT2D eigenvalue weighted by Crippen LogP contribution is 2.30. The highest BCUT2D eigenvalue weighted by molar-refractivity contribution is 5.79. The van der Waals surface area contributed by atoms with Crippen molar-refractivity contribution < 1.29 is 14.1 Å². The number of carbonyl (C=O) groups excluding carboxylic acids is 2. The summed E-state index contributed by atoms with van der Waals surface area (Å²) >= 11 is 0. The van der Waals surface area contributed by atoms with Gasteiger partial charge < -0.3 is 19.6 Å². The molecule has 4 rings (SSSR count). The Labute approximate surface area is 182 Å². The first-order valence-corrected chi connectivity index (χ1v) is 10.9. The number of anilines is 1. The van der Waals surface area contributed by atoms with E-state index in [2.05, 4.69) is 10.5 Å². The predicted octanol–water partition coefficient (Wildman–Crippen LogP) is 1.98. The van der Waals surface area contributed by atoms with Crippen molar-refractivity contribution in [2.45, 2.75) is 58.9 Å². The SMILES string of the molecule is CNc1nc([C@@H]2CCCN(C(C)=O)C2)nc2c1CCN(C(=O)Cc1c(C)noc1C)C2. The molecule has 0 unspecified atom stereocenters. The van der Waals surface area contributed by atoms with E-state index in [1.807, 2.05) is 30.7 Å². The molecule has 0 spiro atoms. The molecule has 2 amide bonds. The fourth-order valence-corrected chi connectivity index (χ4v) is 4.54. The first kappa shape index (κ1) is 21.3. The lowest BCUT2D eigenvalue weighted by Crippen LogP contribution is -2.40. The molecule has 166 valence electrons. The zero-order chi connectivity index (χ0) is 22.1. The monoisotopic (exact) mass is 426 g/mol. The number of rotatable bonds is 4. The fraction of sp³-hybridized carbons (Fsp3) is 0.591. The van der Waals surface area contributed by atoms with Gasteiger partial charge >= 0.3 is 0 Å². The summed E-state index contributed by atoms with van der Waals surface area (Å²) in [6.07, 6.45) is 2.90. The second kappa shape index (κ2) is 8.64. The summed E-state index contributed by atoms with van der Waals surface area (Å²) in [4.78, 5) is 38.2. The van der Waals surface area contributed by atoms with Crippen molar-refractivity contribution in [2.24, 2.45) is 0 Å². The lowest BCUT2D eigenvalue weighted by molar-refractivity contribution is -0.131. The van der Waals surface area contributed by atoms with Crippen LogP contribution in [0.4, 0.5) is 5.82 Å². The molecule has 9 heteroatoms. The molecule has 2 aliphatic heterocycles. The standard InChI is InChI=1S/C22H30N6O3/c1-13-18(14(2)31-26-13)10-20(30)28-9-7-17-19(12-28)24-21(25-22(17)23-4)16-6-5-8-27(11-16)15(3)29/h16H,5-12H2,1-4H3,(H,23,24,25)/t16-/m1/s1. The van der Waals surface area contributed by atoms with E-state index in [1.54, 1.807) is 6.92 Å². The molecule has 0 saturated carbocycles. The Kier molecular flexibility index (Phi) is 5.93. The van der Waals surface area contributed by atoms with Crippen LogP contribution in [0.2, 0.25) is 0 Å². The van der Waals surface area contributed by atoms with Gasteiger partial charge in [-0.05, 0) is 33.1 Å². The molecule has 1 N–H and O–H groups in total. The van der Waals surface area contributed by atoms with Crippen LogP contribution in [0.3, 0.4) is 0 Å². The van der Waals surface area contributed by atoms with Crippen LogP contribution in [0.15, 0.2) is 4.52 Å². The Hall–Kier alpha value is -2.97. The Morgan fingerprint density at radius 2 is 2.00 bits per heavy atom. The third-order valence-electron chi connectivity index (χ3n) is 6.41. The Morgan fingerprint density at radius 3 is 2.68 bits per heavy atom. The molecule has 0 radical (unpaired) electrons. The van der Waals surface area contributed by atoms with Crippen molar-refractivity contribution in [2.75, 3.05) is 32.0 Å². The van der Waals surface area contributed by atoms with Crippen molar-refractivity contribution in [3.8, 4) is 0 Å². The quantitative estimate of drug-likeness (QED) is 0.797. The van der Waals surface area contributed by atoms with Gasteiger partial charge in [0, 0.05) is 50.7 Å². The third-order valence-corrected chi connectivity index (χ3v) is 6.41. The van der Waals surface area contributed by atoms with E-state index in [4.69, 9.17) is 14.5 Å². The molecular weight excluding hydrogens is 396 g/mol. The number of carbonyl (C=O) groups is 2. The minimum absolute atomic E-state index is 0.0478. The molecule has 1 fully saturated rings. The van der Waals surface area contributed by atoms with Gasteiger partial charge in [-0.3, -0.25) is 9.59 Å². The number of aromatic nitrogens is 3. The first-order chi connectivity index (χ1) is 14.9. The van der Waals surface area contributed by atoms with Gasteiger partial charge in [-0.25, -0.2) is 9.97 Å². The number of aryl methyl sites for hydroxylation is 2. The lowest BCUT2D eigenvalue weighted by Gasteiger charge is -2.33. The smallest absolute Gasteiger partial charge is 0.227 e. The van der Waals surface area contributed by atoms with Crippen LogP contribution in [0.25, 0.3) is 0 Å². The van der Waals surface area contributed by atoms with Crippen molar-refractivity contribution in [3.63, 3.8) is 0 Å². The number of hydrogen-bond acceptors (Lipinski definition) is 7. The summed E-state index contributed by atoms with van der Waals surface area (Å²) in [6.45, 7) is 7.83. The van der Waals surface area contributed by atoms with Gasteiger partial charge in [0.05, 0.1) is 24.4 Å². The molecule has 1 atom stereocenters.